The lowest BCUT2D eigenvalue weighted by molar-refractivity contribution is -0.134. The van der Waals surface area contributed by atoms with Gasteiger partial charge >= 0.3 is 0 Å². The minimum Gasteiger partial charge on any atom is -0.356 e. The van der Waals surface area contributed by atoms with Gasteiger partial charge in [0, 0.05) is 37.5 Å². The van der Waals surface area contributed by atoms with Crippen molar-refractivity contribution in [2.75, 3.05) is 31.6 Å². The highest BCUT2D eigenvalue weighted by atomic mass is 32.1. The molecule has 0 radical (unpaired) electrons. The van der Waals surface area contributed by atoms with Crippen LogP contribution in [0.15, 0.2) is 6.33 Å². The number of carbonyl (C=O) groups is 1. The number of carbonyl (C=O) groups excluding carboxylic acids is 1. The molecule has 1 aliphatic heterocycles. The van der Waals surface area contributed by atoms with E-state index in [1.54, 1.807) is 17.7 Å². The summed E-state index contributed by atoms with van der Waals surface area (Å²) in [6, 6.07) is 0. The first-order chi connectivity index (χ1) is 11.0. The summed E-state index contributed by atoms with van der Waals surface area (Å²) < 4.78 is 0. The molecule has 0 unspecified atom stereocenters. The smallest absolute Gasteiger partial charge is 0.225 e. The molecule has 3 heterocycles. The summed E-state index contributed by atoms with van der Waals surface area (Å²) in [5.41, 5.74) is 1.28. The van der Waals surface area contributed by atoms with Gasteiger partial charge in [-0.3, -0.25) is 4.79 Å². The number of fused-ring (bicyclic) bond motifs is 1. The van der Waals surface area contributed by atoms with Gasteiger partial charge < -0.3 is 9.80 Å². The molecule has 1 saturated heterocycles. The standard InChI is InChI=1S/C17H24N4OS/c1-5-20(4)17(22)13-6-8-21(9-7-13)15-14-11(2)12(3)23-16(14)19-10-18-15/h10,13H,5-9H2,1-4H3. The Morgan fingerprint density at radius 1 is 1.35 bits per heavy atom. The number of thiophene rings is 1. The molecule has 1 aliphatic rings. The molecule has 5 nitrogen and oxygen atoms in total. The van der Waals surface area contributed by atoms with Gasteiger partial charge in [0.05, 0.1) is 5.39 Å². The van der Waals surface area contributed by atoms with Gasteiger partial charge in [0.1, 0.15) is 17.0 Å². The fourth-order valence-corrected chi connectivity index (χ4v) is 4.20. The minimum atomic E-state index is 0.152. The number of aromatic nitrogens is 2. The van der Waals surface area contributed by atoms with Crippen molar-refractivity contribution in [3.63, 3.8) is 0 Å². The lowest BCUT2D eigenvalue weighted by Crippen LogP contribution is -2.41. The van der Waals surface area contributed by atoms with Gasteiger partial charge in [-0.25, -0.2) is 9.97 Å². The molecular formula is C17H24N4OS. The highest BCUT2D eigenvalue weighted by Gasteiger charge is 2.28. The minimum absolute atomic E-state index is 0.152. The Balaban J connectivity index is 1.80. The van der Waals surface area contributed by atoms with Crippen LogP contribution in [0, 0.1) is 19.8 Å². The van der Waals surface area contributed by atoms with Gasteiger partial charge in [-0.05, 0) is 39.2 Å². The molecule has 0 saturated carbocycles. The number of amides is 1. The molecule has 2 aromatic rings. The third-order valence-corrected chi connectivity index (χ3v) is 6.05. The number of rotatable bonds is 3. The van der Waals surface area contributed by atoms with E-state index in [9.17, 15) is 4.79 Å². The Labute approximate surface area is 141 Å². The average molecular weight is 332 g/mol. The van der Waals surface area contributed by atoms with Crippen molar-refractivity contribution in [2.45, 2.75) is 33.6 Å². The maximum Gasteiger partial charge on any atom is 0.225 e. The monoisotopic (exact) mass is 332 g/mol. The van der Waals surface area contributed by atoms with Gasteiger partial charge in [-0.15, -0.1) is 11.3 Å². The molecule has 23 heavy (non-hydrogen) atoms. The second-order valence-electron chi connectivity index (χ2n) is 6.27. The Kier molecular flexibility index (Phi) is 4.53. The van der Waals surface area contributed by atoms with Crippen LogP contribution in [0.25, 0.3) is 10.2 Å². The molecule has 0 atom stereocenters. The largest absolute Gasteiger partial charge is 0.356 e. The van der Waals surface area contributed by atoms with Crippen molar-refractivity contribution >= 4 is 33.3 Å². The molecule has 6 heteroatoms. The first kappa shape index (κ1) is 16.2. The predicted octanol–water partition coefficient (Wildman–Crippen LogP) is 3.00. The quantitative estimate of drug-likeness (QED) is 0.867. The molecule has 1 fully saturated rings. The number of nitrogens with zero attached hydrogens (tertiary/aromatic N) is 4. The van der Waals surface area contributed by atoms with Crippen LogP contribution in [-0.4, -0.2) is 47.5 Å². The van der Waals surface area contributed by atoms with Crippen LogP contribution in [0.4, 0.5) is 5.82 Å². The highest BCUT2D eigenvalue weighted by molar-refractivity contribution is 7.18. The van der Waals surface area contributed by atoms with Crippen molar-refractivity contribution in [1.29, 1.82) is 0 Å². The van der Waals surface area contributed by atoms with Crippen LogP contribution in [-0.2, 0) is 4.79 Å². The van der Waals surface area contributed by atoms with Crippen molar-refractivity contribution in [3.05, 3.63) is 16.8 Å². The maximum atomic E-state index is 12.3. The molecule has 0 N–H and O–H groups in total. The lowest BCUT2D eigenvalue weighted by Gasteiger charge is -2.34. The van der Waals surface area contributed by atoms with Gasteiger partial charge in [0.2, 0.25) is 5.91 Å². The predicted molar refractivity (Wildman–Crippen MR) is 95.1 cm³/mol. The number of piperidine rings is 1. The lowest BCUT2D eigenvalue weighted by atomic mass is 9.95. The Morgan fingerprint density at radius 3 is 2.70 bits per heavy atom. The number of hydrogen-bond acceptors (Lipinski definition) is 5. The second kappa shape index (κ2) is 6.43. The van der Waals surface area contributed by atoms with E-state index >= 15 is 0 Å². The molecule has 0 aromatic carbocycles. The van der Waals surface area contributed by atoms with E-state index in [0.717, 1.165) is 43.1 Å². The van der Waals surface area contributed by atoms with Crippen molar-refractivity contribution in [3.8, 4) is 0 Å². The van der Waals surface area contributed by atoms with E-state index in [4.69, 9.17) is 0 Å². The van der Waals surface area contributed by atoms with Crippen LogP contribution in [0.2, 0.25) is 0 Å². The van der Waals surface area contributed by atoms with E-state index < -0.39 is 0 Å². The summed E-state index contributed by atoms with van der Waals surface area (Å²) in [7, 11) is 1.89. The second-order valence-corrected chi connectivity index (χ2v) is 7.48. The third kappa shape index (κ3) is 2.92. The van der Waals surface area contributed by atoms with E-state index in [0.29, 0.717) is 0 Å². The zero-order valence-corrected chi connectivity index (χ0v) is 15.1. The number of aryl methyl sites for hydroxylation is 2. The van der Waals surface area contributed by atoms with Crippen LogP contribution in [0.3, 0.4) is 0 Å². The summed E-state index contributed by atoms with van der Waals surface area (Å²) in [6.45, 7) is 8.85. The van der Waals surface area contributed by atoms with Crippen LogP contribution in [0.5, 0.6) is 0 Å². The number of hydrogen-bond donors (Lipinski definition) is 0. The molecule has 1 amide bonds. The SMILES string of the molecule is CCN(C)C(=O)C1CCN(c2ncnc3sc(C)c(C)c23)CC1. The average Bonchev–Trinajstić information content (AvgIpc) is 2.88. The Morgan fingerprint density at radius 2 is 2.04 bits per heavy atom. The molecule has 0 bridgehead atoms. The first-order valence-corrected chi connectivity index (χ1v) is 9.05. The Bertz CT molecular complexity index is 719. The van der Waals surface area contributed by atoms with Crippen LogP contribution in [0.1, 0.15) is 30.2 Å². The number of anilines is 1. The van der Waals surface area contributed by atoms with Crippen LogP contribution >= 0.6 is 11.3 Å². The summed E-state index contributed by atoms with van der Waals surface area (Å²) in [4.78, 5) is 27.8. The Hall–Kier alpha value is -1.69. The molecule has 124 valence electrons. The molecular weight excluding hydrogens is 308 g/mol. The van der Waals surface area contributed by atoms with E-state index in [1.807, 2.05) is 18.9 Å². The molecule has 0 aliphatic carbocycles. The summed E-state index contributed by atoms with van der Waals surface area (Å²) in [5.74, 6) is 1.47. The van der Waals surface area contributed by atoms with Crippen molar-refractivity contribution < 1.29 is 4.79 Å². The zero-order valence-electron chi connectivity index (χ0n) is 14.3. The highest BCUT2D eigenvalue weighted by Crippen LogP contribution is 2.35. The fraction of sp³-hybridized carbons (Fsp3) is 0.588. The van der Waals surface area contributed by atoms with E-state index in [-0.39, 0.29) is 11.8 Å². The summed E-state index contributed by atoms with van der Waals surface area (Å²) >= 11 is 1.73. The molecule has 2 aromatic heterocycles. The fourth-order valence-electron chi connectivity index (χ4n) is 3.21. The topological polar surface area (TPSA) is 49.3 Å². The summed E-state index contributed by atoms with van der Waals surface area (Å²) in [5, 5.41) is 1.19. The maximum absolute atomic E-state index is 12.3. The molecule has 3 rings (SSSR count). The normalized spacial score (nSPS) is 16.1. The van der Waals surface area contributed by atoms with Crippen molar-refractivity contribution in [1.82, 2.24) is 14.9 Å². The zero-order chi connectivity index (χ0) is 16.6. The van der Waals surface area contributed by atoms with Gasteiger partial charge in [-0.2, -0.15) is 0 Å². The van der Waals surface area contributed by atoms with E-state index in [1.165, 1.54) is 15.8 Å². The van der Waals surface area contributed by atoms with Gasteiger partial charge in [0.25, 0.3) is 0 Å². The van der Waals surface area contributed by atoms with E-state index in [2.05, 4.69) is 28.7 Å². The summed E-state index contributed by atoms with van der Waals surface area (Å²) in [6.07, 6.45) is 3.46. The van der Waals surface area contributed by atoms with Gasteiger partial charge in [-0.1, -0.05) is 0 Å². The van der Waals surface area contributed by atoms with Crippen molar-refractivity contribution in [2.24, 2.45) is 5.92 Å². The van der Waals surface area contributed by atoms with Crippen LogP contribution < -0.4 is 4.90 Å². The molecule has 0 spiro atoms. The first-order valence-electron chi connectivity index (χ1n) is 8.23. The third-order valence-electron chi connectivity index (χ3n) is 4.94. The van der Waals surface area contributed by atoms with Gasteiger partial charge in [0.15, 0.2) is 0 Å².